The molecule has 0 aromatic carbocycles. The molecule has 1 aliphatic heterocycles. The van der Waals surface area contributed by atoms with E-state index in [1.165, 1.54) is 25.7 Å². The highest BCUT2D eigenvalue weighted by Gasteiger charge is 2.70. The molecule has 5 saturated carbocycles. The molecule has 6 fully saturated rings. The van der Waals surface area contributed by atoms with E-state index < -0.39 is 0 Å². The van der Waals surface area contributed by atoms with Crippen molar-refractivity contribution in [1.29, 1.82) is 0 Å². The molecule has 0 amide bonds. The van der Waals surface area contributed by atoms with Gasteiger partial charge in [-0.2, -0.15) is 0 Å². The topological polar surface area (TPSA) is 35.5 Å². The first-order valence-corrected chi connectivity index (χ1v) is 11.8. The van der Waals surface area contributed by atoms with E-state index in [9.17, 15) is 4.79 Å². The molecule has 27 heavy (non-hydrogen) atoms. The molecule has 7 aliphatic rings. The van der Waals surface area contributed by atoms with E-state index in [-0.39, 0.29) is 12.3 Å². The molecule has 0 N–H and O–H groups in total. The minimum atomic E-state index is -0.262. The largest absolute Gasteiger partial charge is 0.436 e. The summed E-state index contributed by atoms with van der Waals surface area (Å²) in [4.78, 5) is 12.6. The minimum absolute atomic E-state index is 0.0138. The zero-order valence-electron chi connectivity index (χ0n) is 16.2. The van der Waals surface area contributed by atoms with Crippen LogP contribution in [0.1, 0.15) is 51.4 Å². The maximum atomic E-state index is 12.6. The summed E-state index contributed by atoms with van der Waals surface area (Å²) in [6.07, 6.45) is 14.4. The fourth-order valence-corrected chi connectivity index (χ4v) is 9.83. The van der Waals surface area contributed by atoms with Crippen LogP contribution in [0.15, 0.2) is 12.2 Å². The van der Waals surface area contributed by atoms with E-state index in [4.69, 9.17) is 9.47 Å². The summed E-state index contributed by atoms with van der Waals surface area (Å²) in [7, 11) is 0. The van der Waals surface area contributed by atoms with Crippen LogP contribution in [0.2, 0.25) is 0 Å². The van der Waals surface area contributed by atoms with E-state index in [2.05, 4.69) is 12.2 Å². The molecule has 6 bridgehead atoms. The predicted octanol–water partition coefficient (Wildman–Crippen LogP) is 4.42. The summed E-state index contributed by atoms with van der Waals surface area (Å²) in [5.74, 6) is 10.2. The number of carbonyl (C=O) groups excluding carboxylic acids is 1. The number of hydrogen-bond acceptors (Lipinski definition) is 3. The number of fused-ring (bicyclic) bond motifs is 16. The van der Waals surface area contributed by atoms with Crippen LogP contribution in [0, 0.1) is 65.1 Å². The van der Waals surface area contributed by atoms with Crippen molar-refractivity contribution in [1.82, 2.24) is 0 Å². The molecule has 1 saturated heterocycles. The number of rotatable bonds is 3. The van der Waals surface area contributed by atoms with E-state index in [0.29, 0.717) is 12.3 Å². The van der Waals surface area contributed by atoms with Gasteiger partial charge in [-0.25, -0.2) is 0 Å². The van der Waals surface area contributed by atoms with Gasteiger partial charge in [0.1, 0.15) is 0 Å². The van der Waals surface area contributed by atoms with Gasteiger partial charge in [0.05, 0.1) is 6.61 Å². The summed E-state index contributed by atoms with van der Waals surface area (Å²) >= 11 is 0. The van der Waals surface area contributed by atoms with Crippen LogP contribution < -0.4 is 0 Å². The third-order valence-corrected chi connectivity index (χ3v) is 10.2. The first kappa shape index (κ1) is 16.0. The van der Waals surface area contributed by atoms with Crippen LogP contribution in [0.5, 0.6) is 0 Å². The molecule has 146 valence electrons. The Balaban J connectivity index is 1.06. The van der Waals surface area contributed by atoms with Gasteiger partial charge in [0.15, 0.2) is 0 Å². The van der Waals surface area contributed by atoms with Crippen molar-refractivity contribution in [3.05, 3.63) is 12.2 Å². The number of carbonyl (C=O) groups is 1. The highest BCUT2D eigenvalue weighted by molar-refractivity contribution is 5.70. The van der Waals surface area contributed by atoms with Gasteiger partial charge in [0.2, 0.25) is 6.29 Å². The van der Waals surface area contributed by atoms with Crippen LogP contribution in [0.4, 0.5) is 0 Å². The van der Waals surface area contributed by atoms with E-state index in [1.54, 1.807) is 0 Å². The molecule has 0 aromatic heterocycles. The lowest BCUT2D eigenvalue weighted by Gasteiger charge is -2.45. The monoisotopic (exact) mass is 368 g/mol. The van der Waals surface area contributed by atoms with Crippen molar-refractivity contribution < 1.29 is 14.3 Å². The Morgan fingerprint density at radius 1 is 0.889 bits per heavy atom. The van der Waals surface area contributed by atoms with Crippen LogP contribution in [0.25, 0.3) is 0 Å². The lowest BCUT2D eigenvalue weighted by atomic mass is 9.59. The zero-order valence-corrected chi connectivity index (χ0v) is 16.2. The molecule has 3 heteroatoms. The van der Waals surface area contributed by atoms with Gasteiger partial charge < -0.3 is 9.47 Å². The standard InChI is InChI=1S/C24H32O3/c25-19(27-20-3-1-2-6-26-20)10-14-8-15-9-16(14)24-18-11-17(23(15)24)21-12-4-5-13(7-12)22(18)21/h4-5,12-18,20-24H,1-3,6-11H2. The second-order valence-electron chi connectivity index (χ2n) is 11.0. The van der Waals surface area contributed by atoms with Gasteiger partial charge in [0, 0.05) is 12.8 Å². The summed E-state index contributed by atoms with van der Waals surface area (Å²) in [6.45, 7) is 0.748. The van der Waals surface area contributed by atoms with Crippen molar-refractivity contribution >= 4 is 5.97 Å². The Bertz CT molecular complexity index is 679. The van der Waals surface area contributed by atoms with Gasteiger partial charge in [-0.05, 0) is 104 Å². The molecule has 12 atom stereocenters. The first-order chi connectivity index (χ1) is 13.3. The van der Waals surface area contributed by atoms with E-state index in [1.807, 2.05) is 0 Å². The maximum Gasteiger partial charge on any atom is 0.308 e. The molecule has 0 spiro atoms. The normalized spacial score (nSPS) is 58.7. The Kier molecular flexibility index (Phi) is 3.33. The quantitative estimate of drug-likeness (QED) is 0.420. The van der Waals surface area contributed by atoms with E-state index in [0.717, 1.165) is 85.0 Å². The fraction of sp³-hybridized carbons (Fsp3) is 0.875. The van der Waals surface area contributed by atoms with Crippen LogP contribution in [0.3, 0.4) is 0 Å². The molecule has 0 radical (unpaired) electrons. The van der Waals surface area contributed by atoms with Gasteiger partial charge >= 0.3 is 5.97 Å². The van der Waals surface area contributed by atoms with Crippen LogP contribution in [-0.2, 0) is 14.3 Å². The van der Waals surface area contributed by atoms with Gasteiger partial charge in [-0.15, -0.1) is 0 Å². The van der Waals surface area contributed by atoms with Crippen LogP contribution in [-0.4, -0.2) is 18.9 Å². The highest BCUT2D eigenvalue weighted by atomic mass is 16.7. The molecule has 7 rings (SSSR count). The molecular weight excluding hydrogens is 336 g/mol. The van der Waals surface area contributed by atoms with Crippen molar-refractivity contribution in [3.63, 3.8) is 0 Å². The molecule has 6 aliphatic carbocycles. The van der Waals surface area contributed by atoms with Gasteiger partial charge in [-0.1, -0.05) is 12.2 Å². The average molecular weight is 369 g/mol. The Morgan fingerprint density at radius 2 is 1.70 bits per heavy atom. The SMILES string of the molecule is O=C(CC1CC2CC1C1C3CC(C4C5C=CC(C5)C34)C21)OC1CCCCO1. The second kappa shape index (κ2) is 5.62. The summed E-state index contributed by atoms with van der Waals surface area (Å²) in [5, 5.41) is 0. The smallest absolute Gasteiger partial charge is 0.308 e. The van der Waals surface area contributed by atoms with Crippen LogP contribution >= 0.6 is 0 Å². The summed E-state index contributed by atoms with van der Waals surface area (Å²) in [6, 6.07) is 0. The van der Waals surface area contributed by atoms with Gasteiger partial charge in [-0.3, -0.25) is 4.79 Å². The van der Waals surface area contributed by atoms with Crippen molar-refractivity contribution in [2.24, 2.45) is 65.1 Å². The molecular formula is C24H32O3. The lowest BCUT2D eigenvalue weighted by molar-refractivity contribution is -0.188. The molecule has 0 aromatic rings. The van der Waals surface area contributed by atoms with Crippen molar-refractivity contribution in [3.8, 4) is 0 Å². The number of hydrogen-bond donors (Lipinski definition) is 0. The summed E-state index contributed by atoms with van der Waals surface area (Å²) in [5.41, 5.74) is 0. The highest BCUT2D eigenvalue weighted by Crippen LogP contribution is 2.76. The molecule has 3 nitrogen and oxygen atoms in total. The lowest BCUT2D eigenvalue weighted by Crippen LogP contribution is -2.42. The Labute approximate surface area is 162 Å². The number of esters is 1. The predicted molar refractivity (Wildman–Crippen MR) is 100 cm³/mol. The number of allylic oxidation sites excluding steroid dienone is 2. The van der Waals surface area contributed by atoms with E-state index >= 15 is 0 Å². The Hall–Kier alpha value is -0.830. The van der Waals surface area contributed by atoms with Crippen molar-refractivity contribution in [2.75, 3.05) is 6.61 Å². The maximum absolute atomic E-state index is 12.6. The molecule has 12 unspecified atom stereocenters. The first-order valence-electron chi connectivity index (χ1n) is 11.8. The zero-order chi connectivity index (χ0) is 17.7. The third-order valence-electron chi connectivity index (χ3n) is 10.2. The minimum Gasteiger partial charge on any atom is -0.436 e. The van der Waals surface area contributed by atoms with Crippen molar-refractivity contribution in [2.45, 2.75) is 57.7 Å². The number of ether oxygens (including phenoxy) is 2. The Morgan fingerprint density at radius 3 is 2.48 bits per heavy atom. The molecule has 1 heterocycles. The second-order valence-corrected chi connectivity index (χ2v) is 11.0. The third kappa shape index (κ3) is 2.10. The fourth-order valence-electron chi connectivity index (χ4n) is 9.83. The summed E-state index contributed by atoms with van der Waals surface area (Å²) < 4.78 is 11.3. The van der Waals surface area contributed by atoms with Gasteiger partial charge in [0.25, 0.3) is 0 Å². The average Bonchev–Trinajstić information content (AvgIpc) is 3.46.